The third-order valence-electron chi connectivity index (χ3n) is 2.03. The van der Waals surface area contributed by atoms with E-state index < -0.39 is 7.75 Å². The minimum atomic E-state index is -3.22. The van der Waals surface area contributed by atoms with Gasteiger partial charge in [-0.3, -0.25) is 9.05 Å². The van der Waals surface area contributed by atoms with E-state index >= 15 is 0 Å². The first-order valence-corrected chi connectivity index (χ1v) is 7.85. The van der Waals surface area contributed by atoms with Crippen LogP contribution in [0.3, 0.4) is 0 Å². The minimum absolute atomic E-state index is 0.110. The Bertz CT molecular complexity index is 242. The molecule has 0 aromatic heterocycles. The van der Waals surface area contributed by atoms with Gasteiger partial charge in [-0.1, -0.05) is 0 Å². The second-order valence-corrected chi connectivity index (χ2v) is 7.17. The van der Waals surface area contributed by atoms with Crippen molar-refractivity contribution in [1.82, 2.24) is 4.67 Å². The molecule has 0 amide bonds. The Hall–Kier alpha value is 0.110. The SMILES string of the molecule is CC(C)OP(=O)(OC(C)C)N(C(C)C)C(C)C. The van der Waals surface area contributed by atoms with E-state index in [-0.39, 0.29) is 24.3 Å². The lowest BCUT2D eigenvalue weighted by Gasteiger charge is -2.37. The molecular formula is C12H28NO3P. The normalized spacial score (nSPS) is 13.7. The van der Waals surface area contributed by atoms with Crippen LogP contribution < -0.4 is 0 Å². The fourth-order valence-corrected chi connectivity index (χ4v) is 4.29. The Kier molecular flexibility index (Phi) is 6.93. The quantitative estimate of drug-likeness (QED) is 0.651. The van der Waals surface area contributed by atoms with E-state index in [1.807, 2.05) is 60.1 Å². The van der Waals surface area contributed by atoms with Crippen LogP contribution in [0.1, 0.15) is 55.4 Å². The zero-order valence-corrected chi connectivity index (χ0v) is 13.3. The van der Waals surface area contributed by atoms with Gasteiger partial charge in [-0.15, -0.1) is 0 Å². The van der Waals surface area contributed by atoms with Crippen molar-refractivity contribution < 1.29 is 13.6 Å². The molecule has 0 rings (SSSR count). The molecule has 0 aliphatic carbocycles. The largest absolute Gasteiger partial charge is 0.409 e. The van der Waals surface area contributed by atoms with Crippen molar-refractivity contribution in [3.63, 3.8) is 0 Å². The molecule has 0 radical (unpaired) electrons. The first-order chi connectivity index (χ1) is 7.60. The van der Waals surface area contributed by atoms with E-state index in [2.05, 4.69) is 0 Å². The first-order valence-electron chi connectivity index (χ1n) is 6.35. The van der Waals surface area contributed by atoms with Gasteiger partial charge >= 0.3 is 7.75 Å². The van der Waals surface area contributed by atoms with Gasteiger partial charge in [0.05, 0.1) is 12.2 Å². The lowest BCUT2D eigenvalue weighted by Crippen LogP contribution is -2.36. The third-order valence-corrected chi connectivity index (χ3v) is 4.89. The van der Waals surface area contributed by atoms with Gasteiger partial charge in [-0.2, -0.15) is 0 Å². The minimum Gasteiger partial charge on any atom is -0.294 e. The molecule has 0 fully saturated rings. The van der Waals surface area contributed by atoms with Gasteiger partial charge in [0.1, 0.15) is 0 Å². The summed E-state index contributed by atoms with van der Waals surface area (Å²) in [7, 11) is -3.22. The highest BCUT2D eigenvalue weighted by atomic mass is 31.2. The highest BCUT2D eigenvalue weighted by Crippen LogP contribution is 2.56. The molecule has 0 aromatic rings. The van der Waals surface area contributed by atoms with E-state index in [1.165, 1.54) is 0 Å². The van der Waals surface area contributed by atoms with Crippen LogP contribution in [0.2, 0.25) is 0 Å². The standard InChI is InChI=1S/C12H28NO3P/c1-9(2)13(10(3)4)17(14,15-11(5)6)16-12(7)8/h9-12H,1-8H3. The Morgan fingerprint density at radius 2 is 1.06 bits per heavy atom. The number of hydrogen-bond donors (Lipinski definition) is 0. The van der Waals surface area contributed by atoms with Gasteiger partial charge in [0.15, 0.2) is 0 Å². The summed E-state index contributed by atoms with van der Waals surface area (Å²) in [5.41, 5.74) is 0. The fraction of sp³-hybridized carbons (Fsp3) is 1.00. The Labute approximate surface area is 106 Å². The average Bonchev–Trinajstić information content (AvgIpc) is 1.95. The molecule has 0 aliphatic heterocycles. The highest BCUT2D eigenvalue weighted by Gasteiger charge is 2.39. The third kappa shape index (κ3) is 5.52. The van der Waals surface area contributed by atoms with Gasteiger partial charge in [-0.25, -0.2) is 9.24 Å². The maximum Gasteiger partial charge on any atom is 0.409 e. The van der Waals surface area contributed by atoms with Gasteiger partial charge in [-0.05, 0) is 55.4 Å². The molecule has 0 unspecified atom stereocenters. The van der Waals surface area contributed by atoms with Crippen LogP contribution in [0.5, 0.6) is 0 Å². The van der Waals surface area contributed by atoms with Crippen molar-refractivity contribution in [3.8, 4) is 0 Å². The second-order valence-electron chi connectivity index (χ2n) is 5.34. The number of rotatable bonds is 7. The smallest absolute Gasteiger partial charge is 0.294 e. The predicted octanol–water partition coefficient (Wildman–Crippen LogP) is 4.06. The maximum absolute atomic E-state index is 12.9. The topological polar surface area (TPSA) is 38.8 Å². The maximum atomic E-state index is 12.9. The van der Waals surface area contributed by atoms with E-state index in [0.717, 1.165) is 0 Å². The van der Waals surface area contributed by atoms with Crippen LogP contribution in [-0.2, 0) is 13.6 Å². The van der Waals surface area contributed by atoms with E-state index in [4.69, 9.17) is 9.05 Å². The van der Waals surface area contributed by atoms with Crippen LogP contribution in [-0.4, -0.2) is 29.0 Å². The molecule has 104 valence electrons. The van der Waals surface area contributed by atoms with Crippen molar-refractivity contribution in [2.24, 2.45) is 0 Å². The summed E-state index contributed by atoms with van der Waals surface area (Å²) in [5, 5.41) is 0. The van der Waals surface area contributed by atoms with E-state index in [0.29, 0.717) is 0 Å². The number of nitrogens with zero attached hydrogens (tertiary/aromatic N) is 1. The van der Waals surface area contributed by atoms with Crippen molar-refractivity contribution in [1.29, 1.82) is 0 Å². The van der Waals surface area contributed by atoms with Crippen LogP contribution in [0, 0.1) is 0 Å². The zero-order valence-electron chi connectivity index (χ0n) is 12.4. The van der Waals surface area contributed by atoms with Gasteiger partial charge in [0.2, 0.25) is 0 Å². The van der Waals surface area contributed by atoms with Crippen LogP contribution in [0.15, 0.2) is 0 Å². The van der Waals surface area contributed by atoms with Crippen LogP contribution in [0.25, 0.3) is 0 Å². The molecule has 0 bridgehead atoms. The molecule has 0 N–H and O–H groups in total. The summed E-state index contributed by atoms with van der Waals surface area (Å²) in [6.07, 6.45) is -0.251. The van der Waals surface area contributed by atoms with Crippen LogP contribution >= 0.6 is 7.75 Å². The summed E-state index contributed by atoms with van der Waals surface area (Å²) in [6, 6.07) is 0.219. The summed E-state index contributed by atoms with van der Waals surface area (Å²) in [5.74, 6) is 0. The lowest BCUT2D eigenvalue weighted by atomic mass is 10.3. The summed E-state index contributed by atoms with van der Waals surface area (Å²) < 4.78 is 25.9. The van der Waals surface area contributed by atoms with Crippen LogP contribution in [0.4, 0.5) is 0 Å². The van der Waals surface area contributed by atoms with Gasteiger partial charge < -0.3 is 0 Å². The zero-order chi connectivity index (χ0) is 13.8. The number of hydrogen-bond acceptors (Lipinski definition) is 3. The molecule has 0 saturated heterocycles. The molecular weight excluding hydrogens is 237 g/mol. The Morgan fingerprint density at radius 3 is 1.24 bits per heavy atom. The Morgan fingerprint density at radius 1 is 0.765 bits per heavy atom. The molecule has 0 heterocycles. The summed E-state index contributed by atoms with van der Waals surface area (Å²) in [4.78, 5) is 0. The van der Waals surface area contributed by atoms with Gasteiger partial charge in [0.25, 0.3) is 0 Å². The molecule has 17 heavy (non-hydrogen) atoms. The monoisotopic (exact) mass is 265 g/mol. The second kappa shape index (κ2) is 6.89. The summed E-state index contributed by atoms with van der Waals surface area (Å²) in [6.45, 7) is 15.5. The first kappa shape index (κ1) is 17.1. The molecule has 0 aromatic carbocycles. The summed E-state index contributed by atoms with van der Waals surface area (Å²) >= 11 is 0. The lowest BCUT2D eigenvalue weighted by molar-refractivity contribution is 0.0889. The molecule has 0 atom stereocenters. The van der Waals surface area contributed by atoms with E-state index in [1.54, 1.807) is 0 Å². The van der Waals surface area contributed by atoms with Crippen molar-refractivity contribution >= 4 is 7.75 Å². The molecule has 0 saturated carbocycles. The average molecular weight is 265 g/mol. The van der Waals surface area contributed by atoms with Gasteiger partial charge in [0, 0.05) is 12.1 Å². The fourth-order valence-electron chi connectivity index (χ4n) is 1.83. The van der Waals surface area contributed by atoms with E-state index in [9.17, 15) is 4.57 Å². The highest BCUT2D eigenvalue weighted by molar-refractivity contribution is 7.51. The molecule has 4 nitrogen and oxygen atoms in total. The van der Waals surface area contributed by atoms with Crippen molar-refractivity contribution in [3.05, 3.63) is 0 Å². The predicted molar refractivity (Wildman–Crippen MR) is 72.2 cm³/mol. The molecule has 0 aliphatic rings. The molecule has 5 heteroatoms. The van der Waals surface area contributed by atoms with Crippen molar-refractivity contribution in [2.45, 2.75) is 79.7 Å². The molecule has 0 spiro atoms. The Balaban J connectivity index is 5.18. The van der Waals surface area contributed by atoms with Crippen molar-refractivity contribution in [2.75, 3.05) is 0 Å².